The molecular formula is C9H6N2O2S. The molecule has 5 heteroatoms. The largest absolute Gasteiger partial charge is 0.506 e. The molecule has 1 N–H and O–H groups in total. The maximum absolute atomic E-state index is 11.4. The maximum atomic E-state index is 11.4. The van der Waals surface area contributed by atoms with E-state index < -0.39 is 0 Å². The molecule has 0 fully saturated rings. The number of nitrogens with zero attached hydrogens (tertiary/aromatic N) is 2. The summed E-state index contributed by atoms with van der Waals surface area (Å²) in [5, 5.41) is 9.44. The van der Waals surface area contributed by atoms with Gasteiger partial charge in [-0.2, -0.15) is 0 Å². The molecule has 0 unspecified atom stereocenters. The van der Waals surface area contributed by atoms with E-state index >= 15 is 0 Å². The van der Waals surface area contributed by atoms with Crippen LogP contribution in [0.15, 0.2) is 16.4 Å². The summed E-state index contributed by atoms with van der Waals surface area (Å²) in [6, 6.07) is 1.15. The Hall–Kier alpha value is -1.80. The van der Waals surface area contributed by atoms with Gasteiger partial charge in [0.1, 0.15) is 10.4 Å². The van der Waals surface area contributed by atoms with Gasteiger partial charge < -0.3 is 5.11 Å². The Labute approximate surface area is 83.5 Å². The lowest BCUT2D eigenvalue weighted by molar-refractivity contribution is 0.480. The number of aromatic nitrogens is 2. The van der Waals surface area contributed by atoms with Crippen LogP contribution >= 0.6 is 11.3 Å². The first kappa shape index (κ1) is 8.78. The predicted octanol–water partition coefficient (Wildman–Crippen LogP) is 0.797. The predicted molar refractivity (Wildman–Crippen MR) is 54.4 cm³/mol. The highest BCUT2D eigenvalue weighted by molar-refractivity contribution is 7.17. The van der Waals surface area contributed by atoms with E-state index in [-0.39, 0.29) is 17.9 Å². The van der Waals surface area contributed by atoms with Crippen molar-refractivity contribution in [3.8, 4) is 18.1 Å². The zero-order valence-corrected chi connectivity index (χ0v) is 7.91. The van der Waals surface area contributed by atoms with E-state index in [0.29, 0.717) is 10.3 Å². The van der Waals surface area contributed by atoms with Crippen LogP contribution in [0.25, 0.3) is 10.3 Å². The van der Waals surface area contributed by atoms with Crippen molar-refractivity contribution in [3.63, 3.8) is 0 Å². The Morgan fingerprint density at radius 1 is 1.71 bits per heavy atom. The number of pyridine rings is 1. The van der Waals surface area contributed by atoms with Gasteiger partial charge in [0.2, 0.25) is 0 Å². The molecule has 0 amide bonds. The quantitative estimate of drug-likeness (QED) is 0.702. The summed E-state index contributed by atoms with van der Waals surface area (Å²) in [7, 11) is 0. The van der Waals surface area contributed by atoms with Crippen LogP contribution < -0.4 is 5.56 Å². The molecule has 0 bridgehead atoms. The van der Waals surface area contributed by atoms with Crippen molar-refractivity contribution >= 4 is 21.7 Å². The molecule has 0 spiro atoms. The minimum Gasteiger partial charge on any atom is -0.506 e. The van der Waals surface area contributed by atoms with Gasteiger partial charge in [-0.25, -0.2) is 4.98 Å². The van der Waals surface area contributed by atoms with Crippen LogP contribution in [0.2, 0.25) is 0 Å². The standard InChI is InChI=1S/C9H6N2O2S/c1-2-3-11-7(13)4-6(12)8-9(11)10-5-14-8/h1,4-5,12H,3H2. The van der Waals surface area contributed by atoms with E-state index in [2.05, 4.69) is 10.9 Å². The number of thiazole rings is 1. The molecule has 70 valence electrons. The average Bonchev–Trinajstić information content (AvgIpc) is 2.60. The number of rotatable bonds is 1. The zero-order valence-electron chi connectivity index (χ0n) is 7.10. The monoisotopic (exact) mass is 206 g/mol. The Morgan fingerprint density at radius 2 is 2.50 bits per heavy atom. The van der Waals surface area contributed by atoms with E-state index in [1.54, 1.807) is 5.51 Å². The van der Waals surface area contributed by atoms with E-state index in [0.717, 1.165) is 6.07 Å². The summed E-state index contributed by atoms with van der Waals surface area (Å²) in [6.45, 7) is 0.166. The number of aromatic hydroxyl groups is 1. The minimum atomic E-state index is -0.334. The minimum absolute atomic E-state index is 0.0410. The number of hydrogen-bond donors (Lipinski definition) is 1. The van der Waals surface area contributed by atoms with Crippen LogP contribution in [0.1, 0.15) is 0 Å². The van der Waals surface area contributed by atoms with Crippen molar-refractivity contribution < 1.29 is 5.11 Å². The molecule has 2 aromatic rings. The van der Waals surface area contributed by atoms with Gasteiger partial charge >= 0.3 is 0 Å². The molecule has 0 saturated heterocycles. The smallest absolute Gasteiger partial charge is 0.256 e. The highest BCUT2D eigenvalue weighted by Crippen LogP contribution is 2.25. The summed E-state index contributed by atoms with van der Waals surface area (Å²) < 4.78 is 1.94. The molecule has 0 aliphatic rings. The molecule has 0 atom stereocenters. The number of terminal acetylenes is 1. The molecule has 2 heterocycles. The molecule has 0 saturated carbocycles. The molecule has 14 heavy (non-hydrogen) atoms. The van der Waals surface area contributed by atoms with Crippen molar-refractivity contribution in [3.05, 3.63) is 21.9 Å². The molecule has 2 aromatic heterocycles. The molecule has 0 radical (unpaired) electrons. The summed E-state index contributed by atoms with van der Waals surface area (Å²) >= 11 is 1.27. The van der Waals surface area contributed by atoms with Gasteiger partial charge in [0.05, 0.1) is 12.1 Å². The van der Waals surface area contributed by atoms with Gasteiger partial charge in [-0.1, -0.05) is 5.92 Å². The normalized spacial score (nSPS) is 10.2. The van der Waals surface area contributed by atoms with Crippen LogP contribution in [-0.4, -0.2) is 14.7 Å². The van der Waals surface area contributed by atoms with Crippen LogP contribution in [0.5, 0.6) is 5.75 Å². The van der Waals surface area contributed by atoms with Crippen molar-refractivity contribution in [2.24, 2.45) is 0 Å². The Morgan fingerprint density at radius 3 is 3.21 bits per heavy atom. The van der Waals surface area contributed by atoms with Crippen LogP contribution in [0, 0.1) is 12.3 Å². The SMILES string of the molecule is C#CCn1c(=O)cc(O)c2scnc21. The maximum Gasteiger partial charge on any atom is 0.256 e. The fourth-order valence-corrected chi connectivity index (χ4v) is 1.92. The van der Waals surface area contributed by atoms with Crippen molar-refractivity contribution in [2.45, 2.75) is 6.54 Å². The van der Waals surface area contributed by atoms with Gasteiger partial charge in [-0.3, -0.25) is 9.36 Å². The Bertz CT molecular complexity index is 576. The first-order valence-corrected chi connectivity index (χ1v) is 4.71. The van der Waals surface area contributed by atoms with Gasteiger partial charge in [-0.15, -0.1) is 17.8 Å². The molecule has 0 aliphatic carbocycles. The lowest BCUT2D eigenvalue weighted by atomic mass is 10.4. The molecule has 4 nitrogen and oxygen atoms in total. The van der Waals surface area contributed by atoms with E-state index in [4.69, 9.17) is 6.42 Å². The molecular weight excluding hydrogens is 200 g/mol. The third-order valence-corrected chi connectivity index (χ3v) is 2.65. The number of fused-ring (bicyclic) bond motifs is 1. The van der Waals surface area contributed by atoms with Gasteiger partial charge in [0.15, 0.2) is 5.65 Å². The fraction of sp³-hybridized carbons (Fsp3) is 0.111. The van der Waals surface area contributed by atoms with Gasteiger partial charge in [0.25, 0.3) is 5.56 Å². The van der Waals surface area contributed by atoms with E-state index in [1.165, 1.54) is 15.9 Å². The van der Waals surface area contributed by atoms with Crippen molar-refractivity contribution in [1.82, 2.24) is 9.55 Å². The molecule has 0 aliphatic heterocycles. The first-order valence-electron chi connectivity index (χ1n) is 3.83. The molecule has 2 rings (SSSR count). The summed E-state index contributed by atoms with van der Waals surface area (Å²) in [4.78, 5) is 15.4. The second kappa shape index (κ2) is 3.16. The van der Waals surface area contributed by atoms with E-state index in [1.807, 2.05) is 0 Å². The summed E-state index contributed by atoms with van der Waals surface area (Å²) in [6.07, 6.45) is 5.13. The van der Waals surface area contributed by atoms with Gasteiger partial charge in [-0.05, 0) is 0 Å². The Kier molecular flexibility index (Phi) is 1.98. The zero-order chi connectivity index (χ0) is 10.1. The third-order valence-electron chi connectivity index (χ3n) is 1.81. The van der Waals surface area contributed by atoms with Crippen LogP contribution in [0.3, 0.4) is 0 Å². The molecule has 0 aromatic carbocycles. The summed E-state index contributed by atoms with van der Waals surface area (Å²) in [5.41, 5.74) is 1.67. The highest BCUT2D eigenvalue weighted by Gasteiger charge is 2.09. The Balaban J connectivity index is 2.88. The van der Waals surface area contributed by atoms with Gasteiger partial charge in [0, 0.05) is 6.07 Å². The highest BCUT2D eigenvalue weighted by atomic mass is 32.1. The van der Waals surface area contributed by atoms with Crippen molar-refractivity contribution in [2.75, 3.05) is 0 Å². The van der Waals surface area contributed by atoms with Crippen LogP contribution in [-0.2, 0) is 6.54 Å². The first-order chi connectivity index (χ1) is 6.74. The third kappa shape index (κ3) is 1.17. The summed E-state index contributed by atoms with van der Waals surface area (Å²) in [5.74, 6) is 2.33. The topological polar surface area (TPSA) is 55.1 Å². The lowest BCUT2D eigenvalue weighted by Gasteiger charge is -2.02. The second-order valence-corrected chi connectivity index (χ2v) is 3.52. The van der Waals surface area contributed by atoms with E-state index in [9.17, 15) is 9.90 Å². The van der Waals surface area contributed by atoms with Crippen molar-refractivity contribution in [1.29, 1.82) is 0 Å². The lowest BCUT2D eigenvalue weighted by Crippen LogP contribution is -2.18. The average molecular weight is 206 g/mol. The number of hydrogen-bond acceptors (Lipinski definition) is 4. The fourth-order valence-electron chi connectivity index (χ4n) is 1.22. The second-order valence-electron chi connectivity index (χ2n) is 2.66. The van der Waals surface area contributed by atoms with Crippen LogP contribution in [0.4, 0.5) is 0 Å².